The maximum Gasteiger partial charge on any atom is 0.169 e. The second-order valence-electron chi connectivity index (χ2n) is 3.75. The Morgan fingerprint density at radius 3 is 2.65 bits per heavy atom. The molecule has 0 radical (unpaired) electrons. The monoisotopic (exact) mass is 314 g/mol. The first-order valence-electron chi connectivity index (χ1n) is 5.09. The van der Waals surface area contributed by atoms with Gasteiger partial charge in [0.05, 0.1) is 0 Å². The van der Waals surface area contributed by atoms with Crippen LogP contribution in [0, 0.1) is 6.92 Å². The van der Waals surface area contributed by atoms with Gasteiger partial charge >= 0.3 is 0 Å². The van der Waals surface area contributed by atoms with E-state index in [0.29, 0.717) is 9.69 Å². The van der Waals surface area contributed by atoms with E-state index in [-0.39, 0.29) is 6.04 Å². The first-order chi connectivity index (χ1) is 8.11. The van der Waals surface area contributed by atoms with E-state index in [0.717, 1.165) is 16.9 Å². The zero-order valence-corrected chi connectivity index (χ0v) is 11.5. The van der Waals surface area contributed by atoms with Gasteiger partial charge in [0.25, 0.3) is 0 Å². The lowest BCUT2D eigenvalue weighted by Crippen LogP contribution is -2.28. The van der Waals surface area contributed by atoms with Gasteiger partial charge in [-0.2, -0.15) is 0 Å². The lowest BCUT2D eigenvalue weighted by molar-refractivity contribution is 0.437. The van der Waals surface area contributed by atoms with Gasteiger partial charge < -0.3 is 4.42 Å². The van der Waals surface area contributed by atoms with E-state index >= 15 is 0 Å². The van der Waals surface area contributed by atoms with Gasteiger partial charge in [0, 0.05) is 5.02 Å². The fourth-order valence-electron chi connectivity index (χ4n) is 1.61. The van der Waals surface area contributed by atoms with Crippen molar-refractivity contribution in [1.29, 1.82) is 0 Å². The number of aryl methyl sites for hydroxylation is 1. The van der Waals surface area contributed by atoms with E-state index in [1.807, 2.05) is 37.3 Å². The van der Waals surface area contributed by atoms with Gasteiger partial charge in [-0.25, -0.2) is 5.43 Å². The quantitative estimate of drug-likeness (QED) is 0.672. The largest absolute Gasteiger partial charge is 0.452 e. The molecule has 0 spiro atoms. The third-order valence-electron chi connectivity index (χ3n) is 2.57. The third-order valence-corrected chi connectivity index (χ3v) is 3.41. The van der Waals surface area contributed by atoms with Crippen LogP contribution < -0.4 is 11.3 Å². The Bertz CT molecular complexity index is 527. The van der Waals surface area contributed by atoms with E-state index in [9.17, 15) is 0 Å². The van der Waals surface area contributed by atoms with Crippen molar-refractivity contribution in [2.45, 2.75) is 13.0 Å². The fourth-order valence-corrected chi connectivity index (χ4v) is 2.12. The Labute approximate surface area is 113 Å². The summed E-state index contributed by atoms with van der Waals surface area (Å²) in [6.07, 6.45) is 0. The Balaban J connectivity index is 2.38. The maximum atomic E-state index is 6.10. The van der Waals surface area contributed by atoms with Gasteiger partial charge in [0.1, 0.15) is 11.8 Å². The molecule has 2 rings (SSSR count). The number of hydrazine groups is 1. The molecule has 0 fully saturated rings. The average Bonchev–Trinajstić information content (AvgIpc) is 2.71. The van der Waals surface area contributed by atoms with Crippen molar-refractivity contribution in [1.82, 2.24) is 5.43 Å². The normalized spacial score (nSPS) is 12.7. The lowest BCUT2D eigenvalue weighted by Gasteiger charge is -2.14. The molecule has 0 amide bonds. The molecule has 0 bridgehead atoms. The standard InChI is InChI=1S/C12H12BrClN2O/c1-7-2-3-8(6-9(7)14)12(16-15)10-4-5-11(13)17-10/h2-6,12,16H,15H2,1H3. The molecule has 1 heterocycles. The molecular formula is C12H12BrClN2O. The molecule has 0 saturated heterocycles. The minimum atomic E-state index is -0.209. The van der Waals surface area contributed by atoms with Crippen LogP contribution in [-0.2, 0) is 0 Å². The summed E-state index contributed by atoms with van der Waals surface area (Å²) in [7, 11) is 0. The number of halogens is 2. The van der Waals surface area contributed by atoms with E-state index in [1.165, 1.54) is 0 Å². The van der Waals surface area contributed by atoms with Crippen LogP contribution in [0.2, 0.25) is 5.02 Å². The van der Waals surface area contributed by atoms with E-state index in [1.54, 1.807) is 0 Å². The molecule has 1 unspecified atom stereocenters. The van der Waals surface area contributed by atoms with Gasteiger partial charge in [-0.15, -0.1) is 0 Å². The van der Waals surface area contributed by atoms with Crippen LogP contribution in [-0.4, -0.2) is 0 Å². The van der Waals surface area contributed by atoms with Gasteiger partial charge in [0.2, 0.25) is 0 Å². The molecule has 5 heteroatoms. The second kappa shape index (κ2) is 5.23. The summed E-state index contributed by atoms with van der Waals surface area (Å²) in [4.78, 5) is 0. The third kappa shape index (κ3) is 2.72. The lowest BCUT2D eigenvalue weighted by atomic mass is 10.0. The molecule has 17 heavy (non-hydrogen) atoms. The van der Waals surface area contributed by atoms with Crippen molar-refractivity contribution < 1.29 is 4.42 Å². The highest BCUT2D eigenvalue weighted by atomic mass is 79.9. The first kappa shape index (κ1) is 12.6. The van der Waals surface area contributed by atoms with Crippen molar-refractivity contribution >= 4 is 27.5 Å². The molecule has 1 aromatic heterocycles. The summed E-state index contributed by atoms with van der Waals surface area (Å²) in [6, 6.07) is 9.30. The summed E-state index contributed by atoms with van der Waals surface area (Å²) in [6.45, 7) is 1.96. The molecule has 3 nitrogen and oxygen atoms in total. The highest BCUT2D eigenvalue weighted by Crippen LogP contribution is 2.28. The Morgan fingerprint density at radius 1 is 1.35 bits per heavy atom. The van der Waals surface area contributed by atoms with Crippen molar-refractivity contribution in [2.75, 3.05) is 0 Å². The zero-order chi connectivity index (χ0) is 12.4. The number of hydrogen-bond donors (Lipinski definition) is 2. The Hall–Kier alpha value is -0.810. The van der Waals surface area contributed by atoms with Crippen LogP contribution in [0.5, 0.6) is 0 Å². The molecule has 0 aliphatic rings. The molecule has 0 aliphatic heterocycles. The minimum Gasteiger partial charge on any atom is -0.452 e. The van der Waals surface area contributed by atoms with E-state index < -0.39 is 0 Å². The van der Waals surface area contributed by atoms with Crippen LogP contribution in [0.3, 0.4) is 0 Å². The minimum absolute atomic E-state index is 0.209. The van der Waals surface area contributed by atoms with Gasteiger partial charge in [-0.05, 0) is 52.2 Å². The molecule has 0 aliphatic carbocycles. The van der Waals surface area contributed by atoms with Crippen LogP contribution in [0.15, 0.2) is 39.4 Å². The van der Waals surface area contributed by atoms with Crippen molar-refractivity contribution in [3.05, 3.63) is 56.9 Å². The summed E-state index contributed by atoms with van der Waals surface area (Å²) < 4.78 is 6.16. The van der Waals surface area contributed by atoms with E-state index in [4.69, 9.17) is 21.9 Å². The highest BCUT2D eigenvalue weighted by Gasteiger charge is 2.16. The van der Waals surface area contributed by atoms with Crippen molar-refractivity contribution in [3.63, 3.8) is 0 Å². The number of nitrogens with one attached hydrogen (secondary N) is 1. The van der Waals surface area contributed by atoms with Crippen LogP contribution in [0.1, 0.15) is 22.9 Å². The molecule has 0 saturated carbocycles. The Kier molecular flexibility index (Phi) is 3.89. The van der Waals surface area contributed by atoms with Crippen LogP contribution in [0.4, 0.5) is 0 Å². The number of rotatable bonds is 3. The van der Waals surface area contributed by atoms with Crippen LogP contribution >= 0.6 is 27.5 Å². The number of benzene rings is 1. The molecule has 1 aromatic carbocycles. The Morgan fingerprint density at radius 2 is 2.12 bits per heavy atom. The smallest absolute Gasteiger partial charge is 0.169 e. The van der Waals surface area contributed by atoms with Crippen LogP contribution in [0.25, 0.3) is 0 Å². The van der Waals surface area contributed by atoms with Crippen molar-refractivity contribution in [2.24, 2.45) is 5.84 Å². The highest BCUT2D eigenvalue weighted by molar-refractivity contribution is 9.10. The number of furan rings is 1. The maximum absolute atomic E-state index is 6.10. The first-order valence-corrected chi connectivity index (χ1v) is 6.26. The van der Waals surface area contributed by atoms with Crippen molar-refractivity contribution in [3.8, 4) is 0 Å². The molecule has 2 aromatic rings. The average molecular weight is 316 g/mol. The molecule has 90 valence electrons. The summed E-state index contributed by atoms with van der Waals surface area (Å²) in [5, 5.41) is 0.716. The predicted octanol–water partition coefficient (Wildman–Crippen LogP) is 3.56. The molecule has 3 N–H and O–H groups in total. The number of hydrogen-bond acceptors (Lipinski definition) is 3. The molecular weight excluding hydrogens is 304 g/mol. The second-order valence-corrected chi connectivity index (χ2v) is 4.94. The molecule has 1 atom stereocenters. The zero-order valence-electron chi connectivity index (χ0n) is 9.21. The summed E-state index contributed by atoms with van der Waals surface area (Å²) in [5.41, 5.74) is 4.72. The van der Waals surface area contributed by atoms with Gasteiger partial charge in [-0.1, -0.05) is 23.7 Å². The SMILES string of the molecule is Cc1ccc(C(NN)c2ccc(Br)o2)cc1Cl. The van der Waals surface area contributed by atoms with Gasteiger partial charge in [-0.3, -0.25) is 5.84 Å². The summed E-state index contributed by atoms with van der Waals surface area (Å²) in [5.74, 6) is 6.30. The predicted molar refractivity (Wildman–Crippen MR) is 71.8 cm³/mol. The number of nitrogens with two attached hydrogens (primary N) is 1. The van der Waals surface area contributed by atoms with Gasteiger partial charge in [0.15, 0.2) is 4.67 Å². The topological polar surface area (TPSA) is 51.2 Å². The van der Waals surface area contributed by atoms with E-state index in [2.05, 4.69) is 21.4 Å². The summed E-state index contributed by atoms with van der Waals surface area (Å²) >= 11 is 9.37. The fraction of sp³-hybridized carbons (Fsp3) is 0.167.